The Morgan fingerprint density at radius 3 is 1.85 bits per heavy atom. The lowest BCUT2D eigenvalue weighted by Crippen LogP contribution is -2.44. The van der Waals surface area contributed by atoms with E-state index < -0.39 is 40.1 Å². The Kier molecular flexibility index (Phi) is 7.27. The van der Waals surface area contributed by atoms with Crippen LogP contribution in [-0.4, -0.2) is 23.8 Å². The number of alkyl halides is 2. The lowest BCUT2D eigenvalue weighted by atomic mass is 10.1. The monoisotopic (exact) mass is 541 g/mol. The molecule has 40 heavy (non-hydrogen) atoms. The first-order valence-corrected chi connectivity index (χ1v) is 12.1. The van der Waals surface area contributed by atoms with E-state index in [1.54, 1.807) is 23.0 Å². The van der Waals surface area contributed by atoms with Gasteiger partial charge in [-0.2, -0.15) is 5.10 Å². The largest absolute Gasteiger partial charge is 0.357 e. The Morgan fingerprint density at radius 2 is 1.30 bits per heavy atom. The molecule has 3 aromatic carbocycles. The van der Waals surface area contributed by atoms with Crippen LogP contribution < -0.4 is 11.2 Å². The SMILES string of the molecule is O=c1c([N+](=O)[O-])c(C=Cc2cnn(-c3ccccc3)c2)n(C(F)c2ccccc2)c(=O)n1C(F)c1ccccc1. The Hall–Kier alpha value is -5.45. The van der Waals surface area contributed by atoms with Crippen molar-refractivity contribution < 1.29 is 13.7 Å². The molecule has 0 spiro atoms. The second-order valence-electron chi connectivity index (χ2n) is 8.70. The van der Waals surface area contributed by atoms with Gasteiger partial charge in [0.1, 0.15) is 5.69 Å². The van der Waals surface area contributed by atoms with Gasteiger partial charge in [-0.3, -0.25) is 19.5 Å². The summed E-state index contributed by atoms with van der Waals surface area (Å²) in [4.78, 5) is 38.0. The highest BCUT2D eigenvalue weighted by atomic mass is 19.1. The van der Waals surface area contributed by atoms with Gasteiger partial charge in [-0.15, -0.1) is 0 Å². The third-order valence-electron chi connectivity index (χ3n) is 6.18. The van der Waals surface area contributed by atoms with Crippen molar-refractivity contribution in [3.8, 4) is 5.69 Å². The van der Waals surface area contributed by atoms with E-state index in [1.165, 1.54) is 60.8 Å². The molecule has 9 nitrogen and oxygen atoms in total. The van der Waals surface area contributed by atoms with Gasteiger partial charge in [-0.1, -0.05) is 78.9 Å². The van der Waals surface area contributed by atoms with Gasteiger partial charge in [0.15, 0.2) is 0 Å². The average molecular weight is 542 g/mol. The molecule has 2 unspecified atom stereocenters. The van der Waals surface area contributed by atoms with Crippen LogP contribution >= 0.6 is 0 Å². The quantitative estimate of drug-likeness (QED) is 0.196. The molecule has 0 saturated heterocycles. The fourth-order valence-corrected chi connectivity index (χ4v) is 4.24. The fourth-order valence-electron chi connectivity index (χ4n) is 4.24. The van der Waals surface area contributed by atoms with Crippen molar-refractivity contribution in [3.63, 3.8) is 0 Å². The van der Waals surface area contributed by atoms with Crippen molar-refractivity contribution in [2.45, 2.75) is 12.6 Å². The molecule has 0 radical (unpaired) electrons. The van der Waals surface area contributed by atoms with Crippen molar-refractivity contribution in [1.82, 2.24) is 18.9 Å². The normalized spacial score (nSPS) is 12.8. The number of para-hydroxylation sites is 1. The summed E-state index contributed by atoms with van der Waals surface area (Å²) in [5, 5.41) is 16.4. The summed E-state index contributed by atoms with van der Waals surface area (Å²) in [5.74, 6) is 0. The molecule has 2 heterocycles. The smallest absolute Gasteiger partial charge is 0.261 e. The topological polar surface area (TPSA) is 105 Å². The van der Waals surface area contributed by atoms with Gasteiger partial charge in [0.05, 0.1) is 16.8 Å². The summed E-state index contributed by atoms with van der Waals surface area (Å²) in [6.45, 7) is 0. The van der Waals surface area contributed by atoms with Gasteiger partial charge < -0.3 is 0 Å². The van der Waals surface area contributed by atoms with Crippen LogP contribution in [0.5, 0.6) is 0 Å². The molecule has 0 aliphatic rings. The summed E-state index contributed by atoms with van der Waals surface area (Å²) >= 11 is 0. The molecule has 0 aliphatic heterocycles. The Labute approximate surface area is 225 Å². The number of aromatic nitrogens is 4. The van der Waals surface area contributed by atoms with E-state index in [2.05, 4.69) is 5.10 Å². The minimum Gasteiger partial charge on any atom is -0.261 e. The lowest BCUT2D eigenvalue weighted by molar-refractivity contribution is -0.387. The maximum absolute atomic E-state index is 16.0. The summed E-state index contributed by atoms with van der Waals surface area (Å²) in [5.41, 5.74) is -3.59. The third-order valence-corrected chi connectivity index (χ3v) is 6.18. The van der Waals surface area contributed by atoms with E-state index in [0.717, 1.165) is 11.8 Å². The van der Waals surface area contributed by atoms with E-state index in [0.29, 0.717) is 10.1 Å². The standard InChI is InChI=1S/C29H21F2N5O4/c30-26(21-10-4-1-5-11-21)34-24(17-16-20-18-32-33(19-20)23-14-8-3-9-15-23)25(36(39)40)28(37)35(29(34)38)27(31)22-12-6-2-7-13-22/h1-19,26-27H. The van der Waals surface area contributed by atoms with Gasteiger partial charge in [0.2, 0.25) is 12.6 Å². The molecular formula is C29H21F2N5O4. The average Bonchev–Trinajstić information content (AvgIpc) is 3.46. The minimum absolute atomic E-state index is 0.0224. The number of benzene rings is 3. The van der Waals surface area contributed by atoms with Crippen LogP contribution in [0.15, 0.2) is 113 Å². The minimum atomic E-state index is -2.39. The van der Waals surface area contributed by atoms with Crippen molar-refractivity contribution in [2.75, 3.05) is 0 Å². The number of halogens is 2. The van der Waals surface area contributed by atoms with Crippen molar-refractivity contribution in [2.24, 2.45) is 0 Å². The molecule has 5 rings (SSSR count). The van der Waals surface area contributed by atoms with Crippen LogP contribution in [0.3, 0.4) is 0 Å². The van der Waals surface area contributed by atoms with Gasteiger partial charge >= 0.3 is 16.9 Å². The Bertz CT molecular complexity index is 1800. The predicted octanol–water partition coefficient (Wildman–Crippen LogP) is 5.31. The first kappa shape index (κ1) is 26.2. The lowest BCUT2D eigenvalue weighted by Gasteiger charge is -2.19. The fraction of sp³-hybridized carbons (Fsp3) is 0.0690. The molecule has 2 aromatic heterocycles. The molecule has 11 heteroatoms. The van der Waals surface area contributed by atoms with Gasteiger partial charge in [-0.05, 0) is 24.3 Å². The second-order valence-corrected chi connectivity index (χ2v) is 8.70. The molecule has 0 aliphatic carbocycles. The van der Waals surface area contributed by atoms with Crippen LogP contribution in [0.2, 0.25) is 0 Å². The van der Waals surface area contributed by atoms with Crippen molar-refractivity contribution >= 4 is 17.8 Å². The summed E-state index contributed by atoms with van der Waals surface area (Å²) in [6, 6.07) is 23.7. The highest BCUT2D eigenvalue weighted by Crippen LogP contribution is 2.26. The van der Waals surface area contributed by atoms with Crippen molar-refractivity contribution in [3.05, 3.63) is 157 Å². The van der Waals surface area contributed by atoms with E-state index in [9.17, 15) is 19.7 Å². The Balaban J connectivity index is 1.72. The molecule has 0 saturated carbocycles. The first-order chi connectivity index (χ1) is 19.4. The second kappa shape index (κ2) is 11.1. The van der Waals surface area contributed by atoms with Crippen LogP contribution in [0.25, 0.3) is 17.8 Å². The number of nitrogens with zero attached hydrogens (tertiary/aromatic N) is 5. The van der Waals surface area contributed by atoms with E-state index >= 15 is 8.78 Å². The molecule has 200 valence electrons. The van der Waals surface area contributed by atoms with Gasteiger partial charge in [-0.25, -0.2) is 22.8 Å². The zero-order valence-electron chi connectivity index (χ0n) is 20.7. The Morgan fingerprint density at radius 1 is 0.775 bits per heavy atom. The zero-order chi connectivity index (χ0) is 28.2. The van der Waals surface area contributed by atoms with Crippen LogP contribution in [0.1, 0.15) is 35.0 Å². The van der Waals surface area contributed by atoms with E-state index in [4.69, 9.17) is 0 Å². The third kappa shape index (κ3) is 4.99. The van der Waals surface area contributed by atoms with E-state index in [1.807, 2.05) is 30.3 Å². The summed E-state index contributed by atoms with van der Waals surface area (Å²) in [6.07, 6.45) is 0.846. The first-order valence-electron chi connectivity index (χ1n) is 12.1. The summed E-state index contributed by atoms with van der Waals surface area (Å²) < 4.78 is 33.6. The molecule has 5 aromatic rings. The van der Waals surface area contributed by atoms with Crippen LogP contribution in [-0.2, 0) is 0 Å². The number of nitro groups is 1. The molecule has 0 bridgehead atoms. The molecular weight excluding hydrogens is 520 g/mol. The molecule has 0 N–H and O–H groups in total. The van der Waals surface area contributed by atoms with E-state index in [-0.39, 0.29) is 15.7 Å². The van der Waals surface area contributed by atoms with Crippen LogP contribution in [0, 0.1) is 10.1 Å². The van der Waals surface area contributed by atoms with Gasteiger partial charge in [0, 0.05) is 22.9 Å². The highest BCUT2D eigenvalue weighted by Gasteiger charge is 2.33. The number of hydrogen-bond donors (Lipinski definition) is 0. The zero-order valence-corrected chi connectivity index (χ0v) is 20.7. The maximum Gasteiger partial charge on any atom is 0.357 e. The molecule has 0 amide bonds. The number of hydrogen-bond acceptors (Lipinski definition) is 5. The summed E-state index contributed by atoms with van der Waals surface area (Å²) in [7, 11) is 0. The predicted molar refractivity (Wildman–Crippen MR) is 145 cm³/mol. The number of rotatable bonds is 8. The molecule has 0 fully saturated rings. The van der Waals surface area contributed by atoms with Crippen molar-refractivity contribution in [1.29, 1.82) is 0 Å². The van der Waals surface area contributed by atoms with Crippen LogP contribution in [0.4, 0.5) is 14.5 Å². The highest BCUT2D eigenvalue weighted by molar-refractivity contribution is 5.72. The van der Waals surface area contributed by atoms with Gasteiger partial charge in [0.25, 0.3) is 0 Å². The maximum atomic E-state index is 16.0. The molecule has 2 atom stereocenters.